The molecule has 1 aliphatic heterocycles. The van der Waals surface area contributed by atoms with Crippen LogP contribution in [-0.4, -0.2) is 35.3 Å². The van der Waals surface area contributed by atoms with Crippen molar-refractivity contribution in [3.05, 3.63) is 54.4 Å². The van der Waals surface area contributed by atoms with Crippen molar-refractivity contribution < 1.29 is 4.79 Å². The first-order valence-electron chi connectivity index (χ1n) is 10.3. The van der Waals surface area contributed by atoms with Crippen LogP contribution in [0.15, 0.2) is 48.8 Å². The number of aromatic nitrogens is 2. The van der Waals surface area contributed by atoms with Crippen molar-refractivity contribution in [2.45, 2.75) is 31.7 Å². The van der Waals surface area contributed by atoms with Crippen molar-refractivity contribution in [1.29, 1.82) is 0 Å². The molecule has 2 fully saturated rings. The maximum absolute atomic E-state index is 12.4. The van der Waals surface area contributed by atoms with Crippen molar-refractivity contribution in [2.75, 3.05) is 19.6 Å². The van der Waals surface area contributed by atoms with Gasteiger partial charge in [-0.05, 0) is 73.2 Å². The Bertz CT molecular complexity index is 1010. The van der Waals surface area contributed by atoms with E-state index in [0.717, 1.165) is 54.4 Å². The summed E-state index contributed by atoms with van der Waals surface area (Å²) in [7, 11) is 0. The standard InChI is InChI=1S/C23H26N4O.ClH/c28-23(25-13-16-4-5-16)18-6-7-22-17(12-18)2-1-3-21(22)19-14-26-27(15-19)20-8-10-24-11-9-20;/h1-3,6-7,12,14-16,20,24H,4-5,8-11,13H2,(H,25,28);1H. The van der Waals surface area contributed by atoms with E-state index in [1.807, 2.05) is 18.3 Å². The summed E-state index contributed by atoms with van der Waals surface area (Å²) in [5.41, 5.74) is 3.04. The van der Waals surface area contributed by atoms with Crippen LogP contribution >= 0.6 is 12.4 Å². The van der Waals surface area contributed by atoms with Crippen LogP contribution in [0, 0.1) is 5.92 Å². The van der Waals surface area contributed by atoms with Crippen LogP contribution in [-0.2, 0) is 0 Å². The van der Waals surface area contributed by atoms with Gasteiger partial charge in [-0.25, -0.2) is 0 Å². The molecule has 6 heteroatoms. The summed E-state index contributed by atoms with van der Waals surface area (Å²) in [6.45, 7) is 2.91. The largest absolute Gasteiger partial charge is 0.352 e. The number of hydrogen-bond acceptors (Lipinski definition) is 3. The Morgan fingerprint density at radius 3 is 2.76 bits per heavy atom. The Morgan fingerprint density at radius 1 is 1.14 bits per heavy atom. The van der Waals surface area contributed by atoms with Crippen molar-refractivity contribution in [3.63, 3.8) is 0 Å². The third kappa shape index (κ3) is 4.31. The Balaban J connectivity index is 0.00000205. The summed E-state index contributed by atoms with van der Waals surface area (Å²) in [6, 6.07) is 12.8. The first-order valence-corrected chi connectivity index (χ1v) is 10.3. The van der Waals surface area contributed by atoms with Gasteiger partial charge >= 0.3 is 0 Å². The highest BCUT2D eigenvalue weighted by Gasteiger charge is 2.22. The van der Waals surface area contributed by atoms with Crippen LogP contribution in [0.1, 0.15) is 42.1 Å². The average molecular weight is 411 g/mol. The van der Waals surface area contributed by atoms with E-state index in [1.54, 1.807) is 0 Å². The van der Waals surface area contributed by atoms with Gasteiger partial charge in [-0.1, -0.05) is 24.3 Å². The van der Waals surface area contributed by atoms with Gasteiger partial charge in [0.2, 0.25) is 0 Å². The molecule has 1 saturated carbocycles. The number of carbonyl (C=O) groups is 1. The van der Waals surface area contributed by atoms with Gasteiger partial charge in [0.15, 0.2) is 0 Å². The van der Waals surface area contributed by atoms with E-state index in [1.165, 1.54) is 18.4 Å². The first kappa shape index (κ1) is 19.9. The fourth-order valence-electron chi connectivity index (χ4n) is 4.09. The van der Waals surface area contributed by atoms with E-state index in [4.69, 9.17) is 0 Å². The average Bonchev–Trinajstić information content (AvgIpc) is 3.45. The van der Waals surface area contributed by atoms with Crippen molar-refractivity contribution in [3.8, 4) is 11.1 Å². The number of nitrogens with zero attached hydrogens (tertiary/aromatic N) is 2. The minimum Gasteiger partial charge on any atom is -0.352 e. The number of amides is 1. The Morgan fingerprint density at radius 2 is 1.97 bits per heavy atom. The number of halogens is 1. The number of carbonyl (C=O) groups excluding carboxylic acids is 1. The molecule has 1 aromatic heterocycles. The van der Waals surface area contributed by atoms with Crippen LogP contribution in [0.5, 0.6) is 0 Å². The van der Waals surface area contributed by atoms with Gasteiger partial charge in [0, 0.05) is 23.9 Å². The summed E-state index contributed by atoms with van der Waals surface area (Å²) >= 11 is 0. The zero-order chi connectivity index (χ0) is 18.9. The van der Waals surface area contributed by atoms with E-state index in [-0.39, 0.29) is 18.3 Å². The number of benzene rings is 2. The van der Waals surface area contributed by atoms with Gasteiger partial charge in [-0.2, -0.15) is 5.10 Å². The van der Waals surface area contributed by atoms with Gasteiger partial charge in [-0.15, -0.1) is 12.4 Å². The predicted octanol–water partition coefficient (Wildman–Crippen LogP) is 4.19. The van der Waals surface area contributed by atoms with Crippen LogP contribution in [0.3, 0.4) is 0 Å². The lowest BCUT2D eigenvalue weighted by atomic mass is 9.98. The summed E-state index contributed by atoms with van der Waals surface area (Å²) in [5, 5.41) is 13.3. The second kappa shape index (κ2) is 8.56. The molecular weight excluding hydrogens is 384 g/mol. The van der Waals surface area contributed by atoms with Gasteiger partial charge in [0.25, 0.3) is 5.91 Å². The molecule has 2 heterocycles. The smallest absolute Gasteiger partial charge is 0.251 e. The molecule has 2 aliphatic rings. The number of piperidine rings is 1. The normalized spacial score (nSPS) is 17.1. The van der Waals surface area contributed by atoms with Crippen molar-refractivity contribution in [2.24, 2.45) is 5.92 Å². The summed E-state index contributed by atoms with van der Waals surface area (Å²) in [5.74, 6) is 0.713. The van der Waals surface area contributed by atoms with Gasteiger partial charge in [0.05, 0.1) is 12.2 Å². The van der Waals surface area contributed by atoms with E-state index in [9.17, 15) is 4.79 Å². The van der Waals surface area contributed by atoms with Crippen LogP contribution in [0.25, 0.3) is 21.9 Å². The minimum absolute atomic E-state index is 0. The molecule has 3 aromatic rings. The molecule has 1 aliphatic carbocycles. The fraction of sp³-hybridized carbons (Fsp3) is 0.391. The van der Waals surface area contributed by atoms with Crippen LogP contribution in [0.4, 0.5) is 0 Å². The van der Waals surface area contributed by atoms with Gasteiger partial charge < -0.3 is 10.6 Å². The SMILES string of the molecule is Cl.O=C(NCC1CC1)c1ccc2c(-c3cnn(C4CCNCC4)c3)cccc2c1. The van der Waals surface area contributed by atoms with Crippen molar-refractivity contribution in [1.82, 2.24) is 20.4 Å². The lowest BCUT2D eigenvalue weighted by molar-refractivity contribution is 0.0952. The monoisotopic (exact) mass is 410 g/mol. The zero-order valence-corrected chi connectivity index (χ0v) is 17.3. The second-order valence-electron chi connectivity index (χ2n) is 8.09. The maximum atomic E-state index is 12.4. The first-order chi connectivity index (χ1) is 13.8. The molecule has 29 heavy (non-hydrogen) atoms. The van der Waals surface area contributed by atoms with Crippen LogP contribution in [0.2, 0.25) is 0 Å². The lowest BCUT2D eigenvalue weighted by Gasteiger charge is -2.22. The molecule has 0 bridgehead atoms. The Hall–Kier alpha value is -2.37. The van der Waals surface area contributed by atoms with Crippen LogP contribution < -0.4 is 10.6 Å². The van der Waals surface area contributed by atoms with E-state index < -0.39 is 0 Å². The van der Waals surface area contributed by atoms with E-state index in [2.05, 4.69) is 50.9 Å². The highest BCUT2D eigenvalue weighted by molar-refractivity contribution is 6.02. The lowest BCUT2D eigenvalue weighted by Crippen LogP contribution is -2.29. The summed E-state index contributed by atoms with van der Waals surface area (Å²) in [6.07, 6.45) is 8.86. The number of rotatable bonds is 5. The molecule has 152 valence electrons. The molecule has 5 nitrogen and oxygen atoms in total. The zero-order valence-electron chi connectivity index (χ0n) is 16.4. The fourth-order valence-corrected chi connectivity index (χ4v) is 4.09. The number of fused-ring (bicyclic) bond motifs is 1. The molecule has 0 unspecified atom stereocenters. The summed E-state index contributed by atoms with van der Waals surface area (Å²) < 4.78 is 2.12. The molecule has 1 amide bonds. The number of nitrogens with one attached hydrogen (secondary N) is 2. The third-order valence-electron chi connectivity index (χ3n) is 5.99. The molecular formula is C23H27ClN4O. The molecule has 5 rings (SSSR count). The highest BCUT2D eigenvalue weighted by atomic mass is 35.5. The minimum atomic E-state index is 0. The quantitative estimate of drug-likeness (QED) is 0.663. The Kier molecular flexibility index (Phi) is 5.88. The second-order valence-corrected chi connectivity index (χ2v) is 8.09. The molecule has 0 atom stereocenters. The van der Waals surface area contributed by atoms with Gasteiger partial charge in [-0.3, -0.25) is 9.48 Å². The van der Waals surface area contributed by atoms with Gasteiger partial charge in [0.1, 0.15) is 0 Å². The molecule has 0 radical (unpaired) electrons. The maximum Gasteiger partial charge on any atom is 0.251 e. The molecule has 2 aromatic carbocycles. The predicted molar refractivity (Wildman–Crippen MR) is 119 cm³/mol. The molecule has 2 N–H and O–H groups in total. The topological polar surface area (TPSA) is 59.0 Å². The molecule has 1 saturated heterocycles. The number of hydrogen-bond donors (Lipinski definition) is 2. The summed E-state index contributed by atoms with van der Waals surface area (Å²) in [4.78, 5) is 12.4. The van der Waals surface area contributed by atoms with Crippen molar-refractivity contribution >= 4 is 29.1 Å². The Labute approximate surface area is 177 Å². The third-order valence-corrected chi connectivity index (χ3v) is 5.99. The highest BCUT2D eigenvalue weighted by Crippen LogP contribution is 2.31. The van der Waals surface area contributed by atoms with E-state index in [0.29, 0.717) is 12.0 Å². The molecule has 0 spiro atoms. The van der Waals surface area contributed by atoms with E-state index >= 15 is 0 Å².